The monoisotopic (exact) mass is 547 g/mol. The zero-order chi connectivity index (χ0) is 28.4. The standard InChI is InChI=1S/C28H30N6O6/c1-3-28(13-7-14-32-15-12-20-19-8-5-6-9-21(19)29-26(20)27(28)32)24(17-25(35)40-4-2)31-30-22-11-10-18(33(36)37)16-23(22)34(38)39/h5-6,8-11,16,30H,3-4,7,12-15,17H2,1-2H3/p+1. The number of hydrazone groups is 1. The van der Waals surface area contributed by atoms with Gasteiger partial charge < -0.3 is 9.72 Å². The minimum atomic E-state index is -0.694. The lowest BCUT2D eigenvalue weighted by Crippen LogP contribution is -2.51. The molecule has 208 valence electrons. The maximum Gasteiger partial charge on any atom is 0.311 e. The molecular formula is C28H31N6O6+. The predicted molar refractivity (Wildman–Crippen MR) is 150 cm³/mol. The molecule has 0 saturated carbocycles. The van der Waals surface area contributed by atoms with E-state index < -0.39 is 32.6 Å². The number of aromatic amines is 1. The summed E-state index contributed by atoms with van der Waals surface area (Å²) in [6, 6.07) is 11.5. The Morgan fingerprint density at radius 2 is 1.95 bits per heavy atom. The number of nitro benzene ring substituents is 2. The summed E-state index contributed by atoms with van der Waals surface area (Å²) in [7, 11) is 0. The van der Waals surface area contributed by atoms with Crippen LogP contribution >= 0.6 is 0 Å². The highest BCUT2D eigenvalue weighted by Gasteiger charge is 2.51. The average Bonchev–Trinajstić information content (AvgIpc) is 3.33. The van der Waals surface area contributed by atoms with Crippen LogP contribution in [0.5, 0.6) is 0 Å². The fourth-order valence-electron chi connectivity index (χ4n) is 6.13. The van der Waals surface area contributed by atoms with Crippen LogP contribution in [-0.2, 0) is 16.0 Å². The van der Waals surface area contributed by atoms with Crippen LogP contribution in [-0.4, -0.2) is 56.5 Å². The van der Waals surface area contributed by atoms with Gasteiger partial charge in [0.15, 0.2) is 0 Å². The second-order valence-corrected chi connectivity index (χ2v) is 10.0. The lowest BCUT2D eigenvalue weighted by Gasteiger charge is -2.38. The Morgan fingerprint density at radius 3 is 2.67 bits per heavy atom. The van der Waals surface area contributed by atoms with Crippen molar-refractivity contribution in [2.45, 2.75) is 46.0 Å². The first-order valence-electron chi connectivity index (χ1n) is 13.4. The number of hydrogen-bond acceptors (Lipinski definition) is 8. The number of esters is 1. The van der Waals surface area contributed by atoms with E-state index in [-0.39, 0.29) is 18.7 Å². The number of fused-ring (bicyclic) bond motifs is 4. The summed E-state index contributed by atoms with van der Waals surface area (Å²) in [5, 5.41) is 28.8. The van der Waals surface area contributed by atoms with Crippen LogP contribution in [0.3, 0.4) is 0 Å². The van der Waals surface area contributed by atoms with Gasteiger partial charge in [0, 0.05) is 29.8 Å². The first-order chi connectivity index (χ1) is 19.3. The number of aromatic nitrogens is 1. The first kappa shape index (κ1) is 27.0. The van der Waals surface area contributed by atoms with Gasteiger partial charge in [0.1, 0.15) is 24.5 Å². The fourth-order valence-corrected chi connectivity index (χ4v) is 6.13. The Kier molecular flexibility index (Phi) is 7.33. The van der Waals surface area contributed by atoms with E-state index in [4.69, 9.17) is 4.74 Å². The van der Waals surface area contributed by atoms with Gasteiger partial charge in [-0.15, -0.1) is 0 Å². The Balaban J connectivity index is 1.65. The third kappa shape index (κ3) is 4.69. The molecule has 2 aromatic carbocycles. The van der Waals surface area contributed by atoms with Crippen molar-refractivity contribution >= 4 is 45.4 Å². The Morgan fingerprint density at radius 1 is 1.15 bits per heavy atom. The number of carbonyl (C=O) groups excluding carboxylic acids is 1. The molecule has 1 aromatic heterocycles. The van der Waals surface area contributed by atoms with Crippen molar-refractivity contribution in [2.24, 2.45) is 10.5 Å². The number of anilines is 1. The zero-order valence-electron chi connectivity index (χ0n) is 22.4. The number of H-pyrrole nitrogens is 1. The van der Waals surface area contributed by atoms with Crippen LogP contribution in [0.15, 0.2) is 47.6 Å². The topological polar surface area (TPSA) is 156 Å². The van der Waals surface area contributed by atoms with Gasteiger partial charge in [-0.1, -0.05) is 25.1 Å². The molecule has 0 spiro atoms. The molecule has 2 aliphatic heterocycles. The lowest BCUT2D eigenvalue weighted by molar-refractivity contribution is -0.537. The summed E-state index contributed by atoms with van der Waals surface area (Å²) < 4.78 is 7.66. The number of non-ortho nitro benzene ring substituents is 1. The maximum absolute atomic E-state index is 12.9. The SMILES string of the molecule is CCOC(=O)CC(=NNc1ccc([N+](=O)[O-])cc1[N+](=O)[O-])C1(CC)CCC[N+]2=C1c1[nH]c3ccccc3c1CC2. The number of ether oxygens (including phenoxy) is 1. The van der Waals surface area contributed by atoms with Crippen LogP contribution in [0.2, 0.25) is 0 Å². The van der Waals surface area contributed by atoms with Crippen LogP contribution in [0.1, 0.15) is 50.8 Å². The molecule has 1 atom stereocenters. The van der Waals surface area contributed by atoms with Crippen LogP contribution in [0, 0.1) is 25.6 Å². The molecule has 0 aliphatic carbocycles. The summed E-state index contributed by atoms with van der Waals surface area (Å²) in [6.07, 6.45) is 3.03. The van der Waals surface area contributed by atoms with E-state index in [1.165, 1.54) is 23.1 Å². The Bertz CT molecular complexity index is 1570. The van der Waals surface area contributed by atoms with Crippen molar-refractivity contribution in [3.8, 4) is 0 Å². The van der Waals surface area contributed by atoms with Gasteiger partial charge in [-0.25, -0.2) is 4.58 Å². The van der Waals surface area contributed by atoms with Crippen molar-refractivity contribution in [1.82, 2.24) is 4.98 Å². The number of nitro groups is 2. The lowest BCUT2D eigenvalue weighted by atomic mass is 9.67. The molecule has 2 N–H and O–H groups in total. The van der Waals surface area contributed by atoms with Crippen molar-refractivity contribution < 1.29 is 24.0 Å². The van der Waals surface area contributed by atoms with Gasteiger partial charge in [-0.2, -0.15) is 5.10 Å². The maximum atomic E-state index is 12.9. The highest BCUT2D eigenvalue weighted by atomic mass is 16.6. The number of carbonyl (C=O) groups is 1. The van der Waals surface area contributed by atoms with E-state index in [0.29, 0.717) is 12.1 Å². The van der Waals surface area contributed by atoms with E-state index in [1.807, 2.05) is 12.1 Å². The summed E-state index contributed by atoms with van der Waals surface area (Å²) in [5.41, 5.74) is 6.14. The van der Waals surface area contributed by atoms with Gasteiger partial charge >= 0.3 is 11.7 Å². The predicted octanol–water partition coefficient (Wildman–Crippen LogP) is 4.95. The van der Waals surface area contributed by atoms with Crippen LogP contribution in [0.25, 0.3) is 10.9 Å². The van der Waals surface area contributed by atoms with Gasteiger partial charge in [0.25, 0.3) is 5.69 Å². The van der Waals surface area contributed by atoms with Gasteiger partial charge in [0.2, 0.25) is 5.71 Å². The number of benzene rings is 2. The fraction of sp³-hybridized carbons (Fsp3) is 0.393. The van der Waals surface area contributed by atoms with Crippen LogP contribution < -0.4 is 5.43 Å². The molecule has 5 rings (SSSR count). The van der Waals surface area contributed by atoms with E-state index in [2.05, 4.69) is 39.1 Å². The molecule has 0 saturated heterocycles. The number of nitrogens with zero attached hydrogens (tertiary/aromatic N) is 4. The van der Waals surface area contributed by atoms with Crippen molar-refractivity contribution in [2.75, 3.05) is 25.1 Å². The summed E-state index contributed by atoms with van der Waals surface area (Å²) in [5.74, 6) is -0.445. The zero-order valence-corrected chi connectivity index (χ0v) is 22.4. The number of hydrogen-bond donors (Lipinski definition) is 2. The summed E-state index contributed by atoms with van der Waals surface area (Å²) in [6.45, 7) is 5.71. The molecular weight excluding hydrogens is 516 g/mol. The van der Waals surface area contributed by atoms with E-state index in [9.17, 15) is 25.0 Å². The number of nitrogens with one attached hydrogen (secondary N) is 2. The molecule has 0 radical (unpaired) electrons. The number of para-hydroxylation sites is 1. The molecule has 3 aromatic rings. The van der Waals surface area contributed by atoms with Gasteiger partial charge in [0.05, 0.1) is 40.1 Å². The molecule has 12 nitrogen and oxygen atoms in total. The quantitative estimate of drug-likeness (QED) is 0.126. The second-order valence-electron chi connectivity index (χ2n) is 10.0. The van der Waals surface area contributed by atoms with E-state index in [0.717, 1.165) is 55.3 Å². The average molecular weight is 548 g/mol. The minimum absolute atomic E-state index is 0.00387. The molecule has 0 bridgehead atoms. The second kappa shape index (κ2) is 10.9. The van der Waals surface area contributed by atoms with Crippen LogP contribution in [0.4, 0.5) is 17.1 Å². The molecule has 12 heteroatoms. The summed E-state index contributed by atoms with van der Waals surface area (Å²) >= 11 is 0. The summed E-state index contributed by atoms with van der Waals surface area (Å²) in [4.78, 5) is 38.0. The molecule has 0 fully saturated rings. The molecule has 1 unspecified atom stereocenters. The molecule has 3 heterocycles. The molecule has 40 heavy (non-hydrogen) atoms. The molecule has 0 amide bonds. The van der Waals surface area contributed by atoms with E-state index in [1.54, 1.807) is 6.92 Å². The smallest absolute Gasteiger partial charge is 0.311 e. The van der Waals surface area contributed by atoms with E-state index >= 15 is 0 Å². The first-order valence-corrected chi connectivity index (χ1v) is 13.4. The number of rotatable bonds is 9. The Labute approximate surface area is 230 Å². The van der Waals surface area contributed by atoms with Gasteiger partial charge in [-0.05, 0) is 37.5 Å². The van der Waals surface area contributed by atoms with Crippen molar-refractivity contribution in [3.05, 3.63) is 74.0 Å². The largest absolute Gasteiger partial charge is 0.466 e. The van der Waals surface area contributed by atoms with Crippen molar-refractivity contribution in [1.29, 1.82) is 0 Å². The third-order valence-corrected chi connectivity index (χ3v) is 7.96. The highest BCUT2D eigenvalue weighted by molar-refractivity contribution is 6.21. The minimum Gasteiger partial charge on any atom is -0.466 e. The third-order valence-electron chi connectivity index (χ3n) is 7.96. The van der Waals surface area contributed by atoms with Gasteiger partial charge in [-0.3, -0.25) is 30.4 Å². The molecule has 2 aliphatic rings. The highest BCUT2D eigenvalue weighted by Crippen LogP contribution is 2.42. The Hall–Kier alpha value is -4.61. The normalized spacial score (nSPS) is 18.7. The van der Waals surface area contributed by atoms with Crippen molar-refractivity contribution in [3.63, 3.8) is 0 Å².